The lowest BCUT2D eigenvalue weighted by Crippen LogP contribution is -2.52. The Morgan fingerprint density at radius 3 is 2.36 bits per heavy atom. The number of aromatic nitrogens is 4. The van der Waals surface area contributed by atoms with Crippen LogP contribution in [-0.4, -0.2) is 103 Å². The summed E-state index contributed by atoms with van der Waals surface area (Å²) >= 11 is 3.60. The minimum Gasteiger partial charge on any atom is -0.494 e. The second-order valence-electron chi connectivity index (χ2n) is 13.3. The number of halogens is 1. The second-order valence-corrected chi connectivity index (χ2v) is 17.3. The fraction of sp³-hybridized carbons (Fsp3) is 0.471. The van der Waals surface area contributed by atoms with Crippen LogP contribution in [0, 0.1) is 0 Å². The number of piperazine rings is 1. The second kappa shape index (κ2) is 13.3. The van der Waals surface area contributed by atoms with Crippen LogP contribution in [0.1, 0.15) is 37.2 Å². The van der Waals surface area contributed by atoms with Crippen molar-refractivity contribution in [1.29, 1.82) is 0 Å². The SMILES string of the molecule is COc1cc(N2CCC(N3CCN(C)CC3)CC2)c(C2CC2)cc1Nc1ncc(Br)c(Nc2ccc3nccnc3c2P(C)(C)=O)n1. The lowest BCUT2D eigenvalue weighted by molar-refractivity contribution is 0.0982. The molecule has 4 aromatic rings. The number of nitrogens with zero attached hydrogens (tertiary/aromatic N) is 7. The van der Waals surface area contributed by atoms with Crippen LogP contribution in [0.25, 0.3) is 11.0 Å². The number of likely N-dealkylation sites (N-methyl/N-ethyl adjacent to an activating group) is 1. The zero-order chi connectivity index (χ0) is 32.7. The van der Waals surface area contributed by atoms with E-state index in [9.17, 15) is 4.57 Å². The molecule has 0 spiro atoms. The van der Waals surface area contributed by atoms with Crippen molar-refractivity contribution >= 4 is 68.2 Å². The Hall–Kier alpha value is -3.31. The van der Waals surface area contributed by atoms with Crippen molar-refractivity contribution in [3.05, 3.63) is 52.9 Å². The number of ether oxygens (including phenoxy) is 1. The minimum absolute atomic E-state index is 0.426. The molecule has 0 atom stereocenters. The maximum absolute atomic E-state index is 13.5. The van der Waals surface area contributed by atoms with E-state index in [1.165, 1.54) is 50.0 Å². The van der Waals surface area contributed by atoms with Crippen LogP contribution in [0.3, 0.4) is 0 Å². The van der Waals surface area contributed by atoms with Crippen molar-refractivity contribution in [2.45, 2.75) is 37.6 Å². The van der Waals surface area contributed by atoms with Gasteiger partial charge in [-0.25, -0.2) is 4.98 Å². The van der Waals surface area contributed by atoms with Crippen LogP contribution < -0.4 is 25.6 Å². The van der Waals surface area contributed by atoms with E-state index in [2.05, 4.69) is 75.4 Å². The number of fused-ring (bicyclic) bond motifs is 1. The quantitative estimate of drug-likeness (QED) is 0.198. The van der Waals surface area contributed by atoms with Gasteiger partial charge in [-0.05, 0) is 91.7 Å². The topological polar surface area (TPSA) is 112 Å². The molecule has 0 radical (unpaired) electrons. The molecular formula is C34H43BrN9O2P. The summed E-state index contributed by atoms with van der Waals surface area (Å²) in [6.07, 6.45) is 9.77. The molecule has 3 aliphatic rings. The van der Waals surface area contributed by atoms with Crippen LogP contribution in [-0.2, 0) is 4.57 Å². The van der Waals surface area contributed by atoms with Gasteiger partial charge in [-0.2, -0.15) is 4.98 Å². The first kappa shape index (κ1) is 32.2. The summed E-state index contributed by atoms with van der Waals surface area (Å²) in [5, 5.41) is 7.48. The number of hydrogen-bond donors (Lipinski definition) is 2. The first-order valence-corrected chi connectivity index (χ1v) is 19.8. The molecule has 1 aliphatic carbocycles. The Balaban J connectivity index is 1.13. The van der Waals surface area contributed by atoms with Gasteiger partial charge in [0.25, 0.3) is 0 Å². The monoisotopic (exact) mass is 719 g/mol. The van der Waals surface area contributed by atoms with Crippen molar-refractivity contribution in [1.82, 2.24) is 29.7 Å². The van der Waals surface area contributed by atoms with E-state index in [4.69, 9.17) is 9.72 Å². The average molecular weight is 721 g/mol. The maximum Gasteiger partial charge on any atom is 0.229 e. The highest BCUT2D eigenvalue weighted by atomic mass is 79.9. The Bertz CT molecular complexity index is 1820. The molecule has 47 heavy (non-hydrogen) atoms. The van der Waals surface area contributed by atoms with E-state index in [1.54, 1.807) is 39.0 Å². The van der Waals surface area contributed by atoms with Gasteiger partial charge >= 0.3 is 0 Å². The molecule has 2 aromatic carbocycles. The van der Waals surface area contributed by atoms with E-state index in [0.29, 0.717) is 50.2 Å². The molecule has 2 aromatic heterocycles. The van der Waals surface area contributed by atoms with Gasteiger partial charge in [0.1, 0.15) is 24.2 Å². The Morgan fingerprint density at radius 1 is 0.915 bits per heavy atom. The molecule has 4 heterocycles. The molecule has 0 bridgehead atoms. The summed E-state index contributed by atoms with van der Waals surface area (Å²) in [4.78, 5) is 26.0. The molecule has 248 valence electrons. The summed E-state index contributed by atoms with van der Waals surface area (Å²) in [6, 6.07) is 8.86. The lowest BCUT2D eigenvalue weighted by atomic mass is 9.99. The normalized spacial score (nSPS) is 18.4. The fourth-order valence-corrected chi connectivity index (χ4v) is 8.62. The number of nitrogens with one attached hydrogen (secondary N) is 2. The lowest BCUT2D eigenvalue weighted by Gasteiger charge is -2.43. The van der Waals surface area contributed by atoms with Gasteiger partial charge < -0.3 is 29.7 Å². The van der Waals surface area contributed by atoms with Crippen molar-refractivity contribution in [3.63, 3.8) is 0 Å². The fourth-order valence-electron chi connectivity index (χ4n) is 6.94. The molecule has 0 unspecified atom stereocenters. The van der Waals surface area contributed by atoms with Crippen LogP contribution in [0.15, 0.2) is 47.3 Å². The standard InChI is InChI=1S/C34H43BrN9O2P/c1-42-15-17-43(18-16-42)23-9-13-44(14-10-23)29-20-30(46-2)28(19-24(29)22-5-6-22)40-34-38-21-25(35)33(41-34)39-27-8-7-26-31(37-12-11-36-26)32(27)47(3,4)45/h7-8,11-12,19-23H,5-6,9-10,13-18H2,1-4H3,(H2,38,39,40,41). The van der Waals surface area contributed by atoms with Crippen molar-refractivity contribution in [2.75, 3.05) is 82.3 Å². The first-order chi connectivity index (χ1) is 22.7. The van der Waals surface area contributed by atoms with Crippen molar-refractivity contribution in [3.8, 4) is 5.75 Å². The van der Waals surface area contributed by atoms with Crippen molar-refractivity contribution < 1.29 is 9.30 Å². The van der Waals surface area contributed by atoms with E-state index in [-0.39, 0.29) is 0 Å². The van der Waals surface area contributed by atoms with Gasteiger partial charge in [-0.15, -0.1) is 0 Å². The van der Waals surface area contributed by atoms with Gasteiger partial charge in [-0.1, -0.05) is 0 Å². The molecule has 1 saturated carbocycles. The molecule has 2 saturated heterocycles. The number of rotatable bonds is 9. The Morgan fingerprint density at radius 2 is 1.66 bits per heavy atom. The van der Waals surface area contributed by atoms with Crippen LogP contribution >= 0.6 is 23.1 Å². The molecular weight excluding hydrogens is 677 g/mol. The van der Waals surface area contributed by atoms with Crippen LogP contribution in [0.2, 0.25) is 0 Å². The first-order valence-electron chi connectivity index (χ1n) is 16.4. The summed E-state index contributed by atoms with van der Waals surface area (Å²) in [6.45, 7) is 10.3. The summed E-state index contributed by atoms with van der Waals surface area (Å²) in [5.41, 5.74) is 5.49. The molecule has 3 fully saturated rings. The van der Waals surface area contributed by atoms with Crippen LogP contribution in [0.5, 0.6) is 5.75 Å². The number of benzene rings is 2. The van der Waals surface area contributed by atoms with E-state index < -0.39 is 7.14 Å². The highest BCUT2D eigenvalue weighted by Crippen LogP contribution is 2.48. The largest absolute Gasteiger partial charge is 0.494 e. The number of piperidine rings is 1. The molecule has 11 nitrogen and oxygen atoms in total. The van der Waals surface area contributed by atoms with Crippen molar-refractivity contribution in [2.24, 2.45) is 0 Å². The number of hydrogen-bond acceptors (Lipinski definition) is 11. The van der Waals surface area contributed by atoms with Gasteiger partial charge in [0.15, 0.2) is 0 Å². The predicted molar refractivity (Wildman–Crippen MR) is 194 cm³/mol. The predicted octanol–water partition coefficient (Wildman–Crippen LogP) is 6.02. The summed E-state index contributed by atoms with van der Waals surface area (Å²) in [7, 11) is 1.20. The third-order valence-corrected chi connectivity index (χ3v) is 11.7. The maximum atomic E-state index is 13.5. The molecule has 7 rings (SSSR count). The summed E-state index contributed by atoms with van der Waals surface area (Å²) in [5.74, 6) is 2.29. The van der Waals surface area contributed by atoms with E-state index in [1.807, 2.05) is 12.1 Å². The zero-order valence-corrected chi connectivity index (χ0v) is 30.0. The Kier molecular flexibility index (Phi) is 9.13. The third kappa shape index (κ3) is 6.97. The smallest absolute Gasteiger partial charge is 0.229 e. The highest BCUT2D eigenvalue weighted by molar-refractivity contribution is 9.10. The van der Waals surface area contributed by atoms with Crippen LogP contribution in [0.4, 0.5) is 28.8 Å². The Labute approximate surface area is 285 Å². The molecule has 0 amide bonds. The van der Waals surface area contributed by atoms with Gasteiger partial charge in [0.2, 0.25) is 5.95 Å². The summed E-state index contributed by atoms with van der Waals surface area (Å²) < 4.78 is 20.1. The molecule has 2 aliphatic heterocycles. The van der Waals surface area contributed by atoms with Gasteiger partial charge in [0, 0.05) is 75.7 Å². The van der Waals surface area contributed by atoms with Gasteiger partial charge in [0.05, 0.1) is 33.8 Å². The van der Waals surface area contributed by atoms with E-state index in [0.717, 1.165) is 37.6 Å². The highest BCUT2D eigenvalue weighted by Gasteiger charge is 2.32. The zero-order valence-electron chi connectivity index (χ0n) is 27.5. The van der Waals surface area contributed by atoms with E-state index >= 15 is 0 Å². The third-order valence-electron chi connectivity index (χ3n) is 9.62. The molecule has 13 heteroatoms. The number of anilines is 5. The van der Waals surface area contributed by atoms with Gasteiger partial charge in [-0.3, -0.25) is 14.9 Å². The minimum atomic E-state index is -2.73. The average Bonchev–Trinajstić information content (AvgIpc) is 3.92. The number of methoxy groups -OCH3 is 1. The molecule has 2 N–H and O–H groups in total.